The van der Waals surface area contributed by atoms with Gasteiger partial charge in [-0.25, -0.2) is 4.98 Å². The number of aromatic nitrogens is 1. The van der Waals surface area contributed by atoms with Crippen molar-refractivity contribution in [1.29, 1.82) is 0 Å². The highest BCUT2D eigenvalue weighted by Gasteiger charge is 2.13. The number of morpholine rings is 1. The molecule has 3 aromatic rings. The van der Waals surface area contributed by atoms with Crippen LogP contribution < -0.4 is 10.1 Å². The molecule has 0 radical (unpaired) electrons. The van der Waals surface area contributed by atoms with Gasteiger partial charge in [0.2, 0.25) is 0 Å². The van der Waals surface area contributed by atoms with Crippen molar-refractivity contribution in [3.8, 4) is 5.75 Å². The van der Waals surface area contributed by atoms with Gasteiger partial charge in [0.05, 0.1) is 13.2 Å². The quantitative estimate of drug-likeness (QED) is 0.584. The minimum Gasteiger partial charge on any atom is -0.486 e. The second-order valence-corrected chi connectivity index (χ2v) is 8.29. The van der Waals surface area contributed by atoms with Crippen LogP contribution in [0.1, 0.15) is 21.1 Å². The van der Waals surface area contributed by atoms with Crippen LogP contribution in [0.4, 0.5) is 5.69 Å². The summed E-state index contributed by atoms with van der Waals surface area (Å²) in [5, 5.41) is 6.07. The van der Waals surface area contributed by atoms with E-state index in [0.717, 1.165) is 49.1 Å². The molecule has 30 heavy (non-hydrogen) atoms. The second kappa shape index (κ2) is 10.0. The van der Waals surface area contributed by atoms with Gasteiger partial charge in [0.15, 0.2) is 0 Å². The Morgan fingerprint density at radius 3 is 2.80 bits per heavy atom. The van der Waals surface area contributed by atoms with Crippen LogP contribution in [0.5, 0.6) is 5.75 Å². The maximum atomic E-state index is 12.6. The number of hydrogen-bond donors (Lipinski definition) is 1. The van der Waals surface area contributed by atoms with Crippen molar-refractivity contribution in [3.63, 3.8) is 0 Å². The zero-order valence-corrected chi connectivity index (χ0v) is 17.9. The van der Waals surface area contributed by atoms with Crippen molar-refractivity contribution < 1.29 is 14.3 Å². The van der Waals surface area contributed by atoms with Gasteiger partial charge in [-0.15, -0.1) is 11.3 Å². The maximum Gasteiger partial charge on any atom is 0.275 e. The van der Waals surface area contributed by atoms with Gasteiger partial charge in [-0.05, 0) is 42.0 Å². The van der Waals surface area contributed by atoms with E-state index in [9.17, 15) is 4.79 Å². The molecule has 1 aromatic heterocycles. The van der Waals surface area contributed by atoms with E-state index >= 15 is 0 Å². The van der Waals surface area contributed by atoms with Gasteiger partial charge in [0.25, 0.3) is 5.91 Å². The van der Waals surface area contributed by atoms with Gasteiger partial charge in [0, 0.05) is 35.7 Å². The van der Waals surface area contributed by atoms with Crippen LogP contribution in [-0.2, 0) is 17.9 Å². The molecular formula is C22H22ClN3O3S. The van der Waals surface area contributed by atoms with Crippen LogP contribution >= 0.6 is 22.9 Å². The molecule has 1 amide bonds. The maximum absolute atomic E-state index is 12.6. The van der Waals surface area contributed by atoms with Crippen LogP contribution in [0.2, 0.25) is 5.02 Å². The third kappa shape index (κ3) is 5.79. The Morgan fingerprint density at radius 1 is 1.20 bits per heavy atom. The van der Waals surface area contributed by atoms with E-state index in [1.54, 1.807) is 29.6 Å². The number of thiazole rings is 1. The Labute approximate surface area is 184 Å². The summed E-state index contributed by atoms with van der Waals surface area (Å²) < 4.78 is 11.1. The molecule has 1 saturated heterocycles. The van der Waals surface area contributed by atoms with E-state index in [0.29, 0.717) is 23.1 Å². The summed E-state index contributed by atoms with van der Waals surface area (Å²) in [7, 11) is 0. The highest BCUT2D eigenvalue weighted by Crippen LogP contribution is 2.19. The molecule has 8 heteroatoms. The first-order chi connectivity index (χ1) is 14.7. The lowest BCUT2D eigenvalue weighted by Gasteiger charge is -2.26. The van der Waals surface area contributed by atoms with Crippen LogP contribution in [0.3, 0.4) is 0 Å². The molecule has 0 unspecified atom stereocenters. The molecule has 1 aliphatic heterocycles. The highest BCUT2D eigenvalue weighted by molar-refractivity contribution is 7.09. The third-order valence-corrected chi connectivity index (χ3v) is 5.73. The molecule has 6 nitrogen and oxygen atoms in total. The Kier molecular flexibility index (Phi) is 6.96. The molecule has 1 N–H and O–H groups in total. The van der Waals surface area contributed by atoms with Gasteiger partial charge < -0.3 is 14.8 Å². The summed E-state index contributed by atoms with van der Waals surface area (Å²) in [4.78, 5) is 19.3. The molecular weight excluding hydrogens is 422 g/mol. The molecule has 1 aliphatic rings. The van der Waals surface area contributed by atoms with Crippen molar-refractivity contribution in [2.75, 3.05) is 31.6 Å². The molecule has 0 bridgehead atoms. The van der Waals surface area contributed by atoms with Crippen LogP contribution in [-0.4, -0.2) is 42.1 Å². The smallest absolute Gasteiger partial charge is 0.275 e. The van der Waals surface area contributed by atoms with E-state index in [1.807, 2.05) is 18.2 Å². The standard InChI is InChI=1S/C22H22ClN3O3S/c23-17-4-6-19(7-5-17)29-14-21-25-20(15-30-21)22(27)24-18-3-1-2-16(12-18)13-26-8-10-28-11-9-26/h1-7,12,15H,8-11,13-14H2,(H,24,27). The summed E-state index contributed by atoms with van der Waals surface area (Å²) in [6, 6.07) is 15.1. The summed E-state index contributed by atoms with van der Waals surface area (Å²) in [5.41, 5.74) is 2.30. The predicted molar refractivity (Wildman–Crippen MR) is 118 cm³/mol. The Balaban J connectivity index is 1.32. The number of anilines is 1. The number of amides is 1. The number of nitrogens with zero attached hydrogens (tertiary/aromatic N) is 2. The first-order valence-corrected chi connectivity index (χ1v) is 10.9. The monoisotopic (exact) mass is 443 g/mol. The third-order valence-electron chi connectivity index (χ3n) is 4.66. The predicted octanol–water partition coefficient (Wildman–Crippen LogP) is 4.46. The van der Waals surface area contributed by atoms with Crippen LogP contribution in [0.25, 0.3) is 0 Å². The van der Waals surface area contributed by atoms with Crippen LogP contribution in [0.15, 0.2) is 53.9 Å². The SMILES string of the molecule is O=C(Nc1cccc(CN2CCOCC2)c1)c1csc(COc2ccc(Cl)cc2)n1. The van der Waals surface area contributed by atoms with Crippen LogP contribution in [0, 0.1) is 0 Å². The van der Waals surface area contributed by atoms with Crippen molar-refractivity contribution >= 4 is 34.5 Å². The van der Waals surface area contributed by atoms with E-state index in [2.05, 4.69) is 21.3 Å². The fourth-order valence-electron chi connectivity index (χ4n) is 3.12. The molecule has 156 valence electrons. The molecule has 1 fully saturated rings. The summed E-state index contributed by atoms with van der Waals surface area (Å²) in [6.45, 7) is 4.53. The molecule has 0 atom stereocenters. The molecule has 4 rings (SSSR count). The Bertz CT molecular complexity index is 987. The number of benzene rings is 2. The average molecular weight is 444 g/mol. The normalized spacial score (nSPS) is 14.4. The summed E-state index contributed by atoms with van der Waals surface area (Å²) in [6.07, 6.45) is 0. The lowest BCUT2D eigenvalue weighted by atomic mass is 10.2. The van der Waals surface area contributed by atoms with E-state index in [4.69, 9.17) is 21.1 Å². The average Bonchev–Trinajstić information content (AvgIpc) is 3.24. The first-order valence-electron chi connectivity index (χ1n) is 9.69. The van der Waals surface area contributed by atoms with Gasteiger partial charge in [-0.1, -0.05) is 23.7 Å². The molecule has 0 spiro atoms. The fraction of sp³-hybridized carbons (Fsp3) is 0.273. The van der Waals surface area contributed by atoms with Crippen molar-refractivity contribution in [1.82, 2.24) is 9.88 Å². The minimum atomic E-state index is -0.229. The zero-order valence-electron chi connectivity index (χ0n) is 16.3. The van der Waals surface area contributed by atoms with Gasteiger partial charge in [-0.2, -0.15) is 0 Å². The molecule has 0 saturated carbocycles. The first kappa shape index (κ1) is 20.8. The second-order valence-electron chi connectivity index (χ2n) is 6.91. The van der Waals surface area contributed by atoms with Crippen molar-refractivity contribution in [2.45, 2.75) is 13.2 Å². The zero-order chi connectivity index (χ0) is 20.8. The lowest BCUT2D eigenvalue weighted by molar-refractivity contribution is 0.0342. The van der Waals surface area contributed by atoms with E-state index in [1.165, 1.54) is 11.3 Å². The number of hydrogen-bond acceptors (Lipinski definition) is 6. The summed E-state index contributed by atoms with van der Waals surface area (Å²) in [5.74, 6) is 0.477. The van der Waals surface area contributed by atoms with Gasteiger partial charge >= 0.3 is 0 Å². The number of nitrogens with one attached hydrogen (secondary N) is 1. The molecule has 2 heterocycles. The Hall–Kier alpha value is -2.45. The minimum absolute atomic E-state index is 0.229. The van der Waals surface area contributed by atoms with Gasteiger partial charge in [-0.3, -0.25) is 9.69 Å². The van der Waals surface area contributed by atoms with Crippen molar-refractivity contribution in [3.05, 3.63) is 75.2 Å². The summed E-state index contributed by atoms with van der Waals surface area (Å²) >= 11 is 7.27. The number of ether oxygens (including phenoxy) is 2. The largest absolute Gasteiger partial charge is 0.486 e. The van der Waals surface area contributed by atoms with Gasteiger partial charge in [0.1, 0.15) is 23.1 Å². The van der Waals surface area contributed by atoms with E-state index < -0.39 is 0 Å². The lowest BCUT2D eigenvalue weighted by Crippen LogP contribution is -2.35. The number of halogens is 1. The van der Waals surface area contributed by atoms with Crippen molar-refractivity contribution in [2.24, 2.45) is 0 Å². The molecule has 0 aliphatic carbocycles. The number of rotatable bonds is 7. The Morgan fingerprint density at radius 2 is 2.00 bits per heavy atom. The van der Waals surface area contributed by atoms with E-state index in [-0.39, 0.29) is 5.91 Å². The number of carbonyl (C=O) groups is 1. The highest BCUT2D eigenvalue weighted by atomic mass is 35.5. The molecule has 2 aromatic carbocycles. The fourth-order valence-corrected chi connectivity index (χ4v) is 3.93. The topological polar surface area (TPSA) is 63.7 Å². The number of carbonyl (C=O) groups excluding carboxylic acids is 1.